The number of aromatic nitrogens is 4. The molecule has 0 aliphatic carbocycles. The summed E-state index contributed by atoms with van der Waals surface area (Å²) < 4.78 is 1.73. The molecule has 1 atom stereocenters. The van der Waals surface area contributed by atoms with Crippen LogP contribution in [0, 0.1) is 5.92 Å². The van der Waals surface area contributed by atoms with Gasteiger partial charge in [0.2, 0.25) is 5.95 Å². The van der Waals surface area contributed by atoms with Crippen molar-refractivity contribution in [2.75, 3.05) is 5.32 Å². The standard InChI is InChI=1S/C18H21N5/c1-14(2)13-17(15-9-5-3-6-10-15)19-18-20-21-22-23(18)16-11-7-4-8-12-16/h3-12,14,17H,13H2,1-2H3,(H,19,20,22)/t17-/m0/s1. The molecule has 0 aliphatic heterocycles. The second-order valence-corrected chi connectivity index (χ2v) is 5.99. The largest absolute Gasteiger partial charge is 0.346 e. The van der Waals surface area contributed by atoms with E-state index < -0.39 is 0 Å². The quantitative estimate of drug-likeness (QED) is 0.751. The monoisotopic (exact) mass is 307 g/mol. The van der Waals surface area contributed by atoms with Gasteiger partial charge in [0.1, 0.15) is 0 Å². The molecule has 5 heteroatoms. The molecule has 0 spiro atoms. The van der Waals surface area contributed by atoms with Gasteiger partial charge in [-0.25, -0.2) is 0 Å². The second-order valence-electron chi connectivity index (χ2n) is 5.99. The van der Waals surface area contributed by atoms with E-state index in [1.54, 1.807) is 4.68 Å². The highest BCUT2D eigenvalue weighted by atomic mass is 15.6. The highest BCUT2D eigenvalue weighted by Gasteiger charge is 2.17. The van der Waals surface area contributed by atoms with Crippen molar-refractivity contribution in [2.45, 2.75) is 26.3 Å². The Kier molecular flexibility index (Phi) is 4.66. The summed E-state index contributed by atoms with van der Waals surface area (Å²) in [7, 11) is 0. The summed E-state index contributed by atoms with van der Waals surface area (Å²) in [5, 5.41) is 15.6. The molecule has 0 saturated carbocycles. The maximum atomic E-state index is 4.16. The van der Waals surface area contributed by atoms with E-state index >= 15 is 0 Å². The van der Waals surface area contributed by atoms with E-state index in [-0.39, 0.29) is 6.04 Å². The molecule has 2 aromatic carbocycles. The van der Waals surface area contributed by atoms with Gasteiger partial charge in [-0.15, -0.1) is 0 Å². The Hall–Kier alpha value is -2.69. The number of rotatable bonds is 6. The van der Waals surface area contributed by atoms with Crippen LogP contribution in [0.2, 0.25) is 0 Å². The van der Waals surface area contributed by atoms with Crippen molar-refractivity contribution < 1.29 is 0 Å². The van der Waals surface area contributed by atoms with Crippen LogP contribution < -0.4 is 5.32 Å². The van der Waals surface area contributed by atoms with Crippen molar-refractivity contribution in [1.82, 2.24) is 20.2 Å². The number of tetrazole rings is 1. The van der Waals surface area contributed by atoms with Crippen LogP contribution >= 0.6 is 0 Å². The fraction of sp³-hybridized carbons (Fsp3) is 0.278. The van der Waals surface area contributed by atoms with Gasteiger partial charge in [-0.2, -0.15) is 4.68 Å². The predicted octanol–water partition coefficient (Wildman–Crippen LogP) is 3.86. The zero-order valence-corrected chi connectivity index (χ0v) is 13.4. The van der Waals surface area contributed by atoms with Crippen LogP contribution in [-0.2, 0) is 0 Å². The van der Waals surface area contributed by atoms with E-state index in [2.05, 4.69) is 59.0 Å². The number of nitrogens with zero attached hydrogens (tertiary/aromatic N) is 4. The Morgan fingerprint density at radius 3 is 2.26 bits per heavy atom. The summed E-state index contributed by atoms with van der Waals surface area (Å²) in [6, 6.07) is 20.5. The first-order valence-electron chi connectivity index (χ1n) is 7.89. The van der Waals surface area contributed by atoms with Gasteiger partial charge in [0.15, 0.2) is 0 Å². The number of benzene rings is 2. The third-order valence-corrected chi connectivity index (χ3v) is 3.68. The lowest BCUT2D eigenvalue weighted by atomic mass is 9.97. The Morgan fingerprint density at radius 1 is 0.957 bits per heavy atom. The molecule has 1 N–H and O–H groups in total. The summed E-state index contributed by atoms with van der Waals surface area (Å²) >= 11 is 0. The third kappa shape index (κ3) is 3.74. The molecule has 1 aromatic heterocycles. The van der Waals surface area contributed by atoms with Crippen molar-refractivity contribution in [3.63, 3.8) is 0 Å². The molecule has 23 heavy (non-hydrogen) atoms. The van der Waals surface area contributed by atoms with Crippen LogP contribution in [0.5, 0.6) is 0 Å². The Labute approximate surface area is 136 Å². The Bertz CT molecular complexity index is 721. The Balaban J connectivity index is 1.88. The van der Waals surface area contributed by atoms with Crippen LogP contribution in [0.4, 0.5) is 5.95 Å². The van der Waals surface area contributed by atoms with Crippen LogP contribution in [0.3, 0.4) is 0 Å². The molecule has 0 saturated heterocycles. The first-order valence-corrected chi connectivity index (χ1v) is 7.89. The molecule has 0 aliphatic rings. The maximum absolute atomic E-state index is 4.16. The number of para-hydroxylation sites is 1. The van der Waals surface area contributed by atoms with Crippen LogP contribution in [-0.4, -0.2) is 20.2 Å². The van der Waals surface area contributed by atoms with Crippen molar-refractivity contribution in [1.29, 1.82) is 0 Å². The van der Waals surface area contributed by atoms with E-state index in [4.69, 9.17) is 0 Å². The second kappa shape index (κ2) is 7.05. The smallest absolute Gasteiger partial charge is 0.248 e. The molecule has 0 amide bonds. The highest BCUT2D eigenvalue weighted by molar-refractivity contribution is 5.40. The fourth-order valence-electron chi connectivity index (χ4n) is 2.61. The van der Waals surface area contributed by atoms with Gasteiger partial charge in [-0.05, 0) is 40.5 Å². The van der Waals surface area contributed by atoms with Crippen LogP contribution in [0.1, 0.15) is 31.9 Å². The molecular formula is C18H21N5. The minimum atomic E-state index is 0.171. The molecule has 0 radical (unpaired) electrons. The summed E-state index contributed by atoms with van der Waals surface area (Å²) in [4.78, 5) is 0. The van der Waals surface area contributed by atoms with Crippen molar-refractivity contribution >= 4 is 5.95 Å². The van der Waals surface area contributed by atoms with Crippen LogP contribution in [0.25, 0.3) is 5.69 Å². The van der Waals surface area contributed by atoms with E-state index in [1.165, 1.54) is 5.56 Å². The Morgan fingerprint density at radius 2 is 1.61 bits per heavy atom. The van der Waals surface area contributed by atoms with Gasteiger partial charge < -0.3 is 5.32 Å². The molecule has 3 rings (SSSR count). The van der Waals surface area contributed by atoms with Crippen LogP contribution in [0.15, 0.2) is 60.7 Å². The van der Waals surface area contributed by atoms with Gasteiger partial charge >= 0.3 is 0 Å². The summed E-state index contributed by atoms with van der Waals surface area (Å²) in [6.07, 6.45) is 1.01. The predicted molar refractivity (Wildman–Crippen MR) is 91.4 cm³/mol. The average molecular weight is 307 g/mol. The summed E-state index contributed by atoms with van der Waals surface area (Å²) in [5.41, 5.74) is 2.18. The van der Waals surface area contributed by atoms with E-state index in [9.17, 15) is 0 Å². The molecule has 0 unspecified atom stereocenters. The number of nitrogens with one attached hydrogen (secondary N) is 1. The normalized spacial score (nSPS) is 12.3. The first-order chi connectivity index (χ1) is 11.2. The van der Waals surface area contributed by atoms with Gasteiger partial charge in [0, 0.05) is 0 Å². The number of hydrogen-bond acceptors (Lipinski definition) is 4. The SMILES string of the molecule is CC(C)C[C@H](Nc1nnnn1-c1ccccc1)c1ccccc1. The summed E-state index contributed by atoms with van der Waals surface area (Å²) in [5.74, 6) is 1.22. The van der Waals surface area contributed by atoms with Gasteiger partial charge in [-0.3, -0.25) is 0 Å². The first kappa shape index (κ1) is 15.2. The minimum Gasteiger partial charge on any atom is -0.346 e. The van der Waals surface area contributed by atoms with E-state index in [0.29, 0.717) is 11.9 Å². The molecular weight excluding hydrogens is 286 g/mol. The highest BCUT2D eigenvalue weighted by Crippen LogP contribution is 2.25. The lowest BCUT2D eigenvalue weighted by molar-refractivity contribution is 0.527. The van der Waals surface area contributed by atoms with Crippen molar-refractivity contribution in [3.05, 3.63) is 66.2 Å². The third-order valence-electron chi connectivity index (χ3n) is 3.68. The zero-order chi connectivity index (χ0) is 16.1. The lowest BCUT2D eigenvalue weighted by Crippen LogP contribution is -2.16. The zero-order valence-electron chi connectivity index (χ0n) is 13.4. The van der Waals surface area contributed by atoms with Crippen molar-refractivity contribution in [3.8, 4) is 5.69 Å². The molecule has 0 fully saturated rings. The van der Waals surface area contributed by atoms with Gasteiger partial charge in [-0.1, -0.05) is 67.5 Å². The lowest BCUT2D eigenvalue weighted by Gasteiger charge is -2.21. The minimum absolute atomic E-state index is 0.171. The van der Waals surface area contributed by atoms with E-state index in [0.717, 1.165) is 12.1 Å². The van der Waals surface area contributed by atoms with Crippen molar-refractivity contribution in [2.24, 2.45) is 5.92 Å². The number of hydrogen-bond donors (Lipinski definition) is 1. The molecule has 118 valence electrons. The van der Waals surface area contributed by atoms with Gasteiger partial charge in [0.25, 0.3) is 0 Å². The number of anilines is 1. The average Bonchev–Trinajstić information content (AvgIpc) is 3.04. The van der Waals surface area contributed by atoms with E-state index in [1.807, 2.05) is 36.4 Å². The summed E-state index contributed by atoms with van der Waals surface area (Å²) in [6.45, 7) is 4.44. The molecule has 3 aromatic rings. The maximum Gasteiger partial charge on any atom is 0.248 e. The molecule has 1 heterocycles. The van der Waals surface area contributed by atoms with Gasteiger partial charge in [0.05, 0.1) is 11.7 Å². The molecule has 5 nitrogen and oxygen atoms in total. The fourth-order valence-corrected chi connectivity index (χ4v) is 2.61. The topological polar surface area (TPSA) is 55.6 Å². The molecule has 0 bridgehead atoms.